The van der Waals surface area contributed by atoms with Crippen LogP contribution in [-0.2, 0) is 4.79 Å². The van der Waals surface area contributed by atoms with Crippen LogP contribution in [0.15, 0.2) is 0 Å². The number of hydrogen-bond donors (Lipinski definition) is 1. The molecule has 0 aromatic rings. The minimum atomic E-state index is -0.639. The van der Waals surface area contributed by atoms with E-state index >= 15 is 0 Å². The van der Waals surface area contributed by atoms with Crippen LogP contribution in [-0.4, -0.2) is 35.1 Å². The molecule has 0 unspecified atom stereocenters. The Morgan fingerprint density at radius 2 is 1.77 bits per heavy atom. The molecule has 13 heavy (non-hydrogen) atoms. The highest BCUT2D eigenvalue weighted by Gasteiger charge is 2.52. The van der Waals surface area contributed by atoms with E-state index in [1.165, 1.54) is 0 Å². The van der Waals surface area contributed by atoms with Gasteiger partial charge in [-0.3, -0.25) is 9.69 Å². The van der Waals surface area contributed by atoms with Crippen molar-refractivity contribution in [3.05, 3.63) is 0 Å². The van der Waals surface area contributed by atoms with Gasteiger partial charge in [0.1, 0.15) is 0 Å². The zero-order valence-corrected chi connectivity index (χ0v) is 8.87. The van der Waals surface area contributed by atoms with Gasteiger partial charge >= 0.3 is 5.97 Å². The summed E-state index contributed by atoms with van der Waals surface area (Å²) in [6.45, 7) is 9.60. The van der Waals surface area contributed by atoms with E-state index in [4.69, 9.17) is 5.11 Å². The number of likely N-dealkylation sites (tertiary alicyclic amines) is 1. The monoisotopic (exact) mass is 185 g/mol. The van der Waals surface area contributed by atoms with Crippen molar-refractivity contribution in [2.24, 2.45) is 11.3 Å². The van der Waals surface area contributed by atoms with Crippen LogP contribution in [0.2, 0.25) is 0 Å². The first-order chi connectivity index (χ1) is 5.90. The van der Waals surface area contributed by atoms with Crippen LogP contribution in [0.4, 0.5) is 0 Å². The quantitative estimate of drug-likeness (QED) is 0.723. The zero-order chi connectivity index (χ0) is 10.2. The van der Waals surface area contributed by atoms with Crippen molar-refractivity contribution in [1.82, 2.24) is 4.90 Å². The van der Waals surface area contributed by atoms with E-state index in [-0.39, 0.29) is 5.92 Å². The van der Waals surface area contributed by atoms with Gasteiger partial charge in [0, 0.05) is 19.1 Å². The molecular formula is C10H19NO2. The minimum absolute atomic E-state index is 0.222. The third kappa shape index (κ3) is 1.57. The van der Waals surface area contributed by atoms with E-state index in [1.54, 1.807) is 0 Å². The van der Waals surface area contributed by atoms with Crippen LogP contribution in [0.1, 0.15) is 27.7 Å². The van der Waals surface area contributed by atoms with Crippen molar-refractivity contribution in [1.29, 1.82) is 0 Å². The van der Waals surface area contributed by atoms with Gasteiger partial charge in [0.05, 0.1) is 5.41 Å². The Bertz CT molecular complexity index is 205. The molecule has 1 aliphatic rings. The largest absolute Gasteiger partial charge is 0.481 e. The summed E-state index contributed by atoms with van der Waals surface area (Å²) in [5.41, 5.74) is -0.482. The maximum Gasteiger partial charge on any atom is 0.312 e. The molecule has 0 saturated carbocycles. The highest BCUT2D eigenvalue weighted by atomic mass is 16.4. The Morgan fingerprint density at radius 3 is 2.00 bits per heavy atom. The first-order valence-electron chi connectivity index (χ1n) is 4.87. The smallest absolute Gasteiger partial charge is 0.312 e. The van der Waals surface area contributed by atoms with Crippen LogP contribution >= 0.6 is 0 Å². The van der Waals surface area contributed by atoms with Gasteiger partial charge in [-0.1, -0.05) is 13.8 Å². The first kappa shape index (κ1) is 10.5. The summed E-state index contributed by atoms with van der Waals surface area (Å²) in [5, 5.41) is 9.13. The maximum atomic E-state index is 11.1. The lowest BCUT2D eigenvalue weighted by atomic mass is 9.70. The van der Waals surface area contributed by atoms with Crippen molar-refractivity contribution in [3.8, 4) is 0 Å². The van der Waals surface area contributed by atoms with Crippen molar-refractivity contribution < 1.29 is 9.90 Å². The summed E-state index contributed by atoms with van der Waals surface area (Å²) in [6.07, 6.45) is 0. The zero-order valence-electron chi connectivity index (χ0n) is 8.87. The Labute approximate surface area is 79.7 Å². The molecule has 0 atom stereocenters. The molecule has 0 aromatic carbocycles. The molecule has 0 aliphatic carbocycles. The van der Waals surface area contributed by atoms with Gasteiger partial charge in [-0.05, 0) is 19.8 Å². The van der Waals surface area contributed by atoms with Crippen molar-refractivity contribution in [2.75, 3.05) is 13.1 Å². The van der Waals surface area contributed by atoms with Crippen molar-refractivity contribution in [2.45, 2.75) is 33.7 Å². The van der Waals surface area contributed by atoms with Crippen molar-refractivity contribution >= 4 is 5.97 Å². The Morgan fingerprint density at radius 1 is 1.31 bits per heavy atom. The van der Waals surface area contributed by atoms with Crippen LogP contribution in [0.3, 0.4) is 0 Å². The third-order valence-corrected chi connectivity index (χ3v) is 3.23. The number of aliphatic carboxylic acids is 1. The summed E-state index contributed by atoms with van der Waals surface area (Å²) in [6, 6.07) is 0.464. The van der Waals surface area contributed by atoms with Gasteiger partial charge in [0.2, 0.25) is 0 Å². The van der Waals surface area contributed by atoms with E-state index < -0.39 is 11.4 Å². The summed E-state index contributed by atoms with van der Waals surface area (Å²) >= 11 is 0. The molecule has 0 aromatic heterocycles. The summed E-state index contributed by atoms with van der Waals surface area (Å²) < 4.78 is 0. The van der Waals surface area contributed by atoms with Crippen LogP contribution in [0, 0.1) is 11.3 Å². The maximum absolute atomic E-state index is 11.1. The molecule has 3 heteroatoms. The van der Waals surface area contributed by atoms with Crippen LogP contribution in [0.25, 0.3) is 0 Å². The first-order valence-corrected chi connectivity index (χ1v) is 4.87. The molecule has 0 spiro atoms. The normalized spacial score (nSPS) is 22.0. The average Bonchev–Trinajstić information content (AvgIpc) is 1.80. The molecule has 1 fully saturated rings. The second kappa shape index (κ2) is 3.29. The number of rotatable bonds is 3. The average molecular weight is 185 g/mol. The topological polar surface area (TPSA) is 40.5 Å². The van der Waals surface area contributed by atoms with E-state index in [2.05, 4.69) is 18.7 Å². The fourth-order valence-corrected chi connectivity index (χ4v) is 1.79. The lowest BCUT2D eigenvalue weighted by molar-refractivity contribution is -0.168. The molecule has 1 rings (SSSR count). The SMILES string of the molecule is CC(C)N1CC(C(=O)O)(C(C)C)C1. The molecule has 1 heterocycles. The summed E-state index contributed by atoms with van der Waals surface area (Å²) in [5.74, 6) is -0.417. The fraction of sp³-hybridized carbons (Fsp3) is 0.900. The Hall–Kier alpha value is -0.570. The lowest BCUT2D eigenvalue weighted by Gasteiger charge is -2.51. The second-order valence-electron chi connectivity index (χ2n) is 4.61. The Balaban J connectivity index is 2.64. The van der Waals surface area contributed by atoms with Gasteiger partial charge < -0.3 is 5.11 Å². The van der Waals surface area contributed by atoms with Crippen molar-refractivity contribution in [3.63, 3.8) is 0 Å². The van der Waals surface area contributed by atoms with Gasteiger partial charge in [-0.2, -0.15) is 0 Å². The van der Waals surface area contributed by atoms with Crippen LogP contribution < -0.4 is 0 Å². The van der Waals surface area contributed by atoms with Gasteiger partial charge in [0.25, 0.3) is 0 Å². The highest BCUT2D eigenvalue weighted by Crippen LogP contribution is 2.38. The molecule has 0 radical (unpaired) electrons. The molecule has 1 N–H and O–H groups in total. The van der Waals surface area contributed by atoms with Crippen LogP contribution in [0.5, 0.6) is 0 Å². The van der Waals surface area contributed by atoms with Gasteiger partial charge in [-0.15, -0.1) is 0 Å². The van der Waals surface area contributed by atoms with E-state index in [1.807, 2.05) is 13.8 Å². The number of hydrogen-bond acceptors (Lipinski definition) is 2. The lowest BCUT2D eigenvalue weighted by Crippen LogP contribution is -2.64. The second-order valence-corrected chi connectivity index (χ2v) is 4.61. The molecule has 1 saturated heterocycles. The third-order valence-electron chi connectivity index (χ3n) is 3.23. The van der Waals surface area contributed by atoms with E-state index in [9.17, 15) is 4.79 Å². The van der Waals surface area contributed by atoms with Gasteiger partial charge in [-0.25, -0.2) is 0 Å². The fourth-order valence-electron chi connectivity index (χ4n) is 1.79. The molecular weight excluding hydrogens is 166 g/mol. The minimum Gasteiger partial charge on any atom is -0.481 e. The Kier molecular flexibility index (Phi) is 2.66. The number of carbonyl (C=O) groups is 1. The summed E-state index contributed by atoms with van der Waals surface area (Å²) in [7, 11) is 0. The molecule has 0 amide bonds. The molecule has 1 aliphatic heterocycles. The summed E-state index contributed by atoms with van der Waals surface area (Å²) in [4.78, 5) is 13.3. The number of carboxylic acid groups (broad SMARTS) is 1. The highest BCUT2D eigenvalue weighted by molar-refractivity contribution is 5.77. The molecule has 76 valence electrons. The number of carboxylic acids is 1. The number of nitrogens with zero attached hydrogens (tertiary/aromatic N) is 1. The van der Waals surface area contributed by atoms with E-state index in [0.717, 1.165) is 0 Å². The molecule has 0 bridgehead atoms. The predicted molar refractivity (Wildman–Crippen MR) is 51.6 cm³/mol. The predicted octanol–water partition coefficient (Wildman–Crippen LogP) is 1.44. The standard InChI is InChI=1S/C10H19NO2/c1-7(2)10(9(12)13)5-11(6-10)8(3)4/h7-8H,5-6H2,1-4H3,(H,12,13). The van der Waals surface area contributed by atoms with Gasteiger partial charge in [0.15, 0.2) is 0 Å². The van der Waals surface area contributed by atoms with E-state index in [0.29, 0.717) is 19.1 Å². The molecule has 3 nitrogen and oxygen atoms in total.